The van der Waals surface area contributed by atoms with E-state index in [2.05, 4.69) is 15.6 Å². The van der Waals surface area contributed by atoms with Gasteiger partial charge in [-0.1, -0.05) is 49.7 Å². The number of hydrogen-bond donors (Lipinski definition) is 2. The first-order valence-corrected chi connectivity index (χ1v) is 9.25. The maximum Gasteiger partial charge on any atom is 0.224 e. The lowest BCUT2D eigenvalue weighted by atomic mass is 10.1. The van der Waals surface area contributed by atoms with Crippen LogP contribution in [0.25, 0.3) is 0 Å². The minimum atomic E-state index is 0.0969. The number of nitrogens with one attached hydrogen (secondary N) is 2. The van der Waals surface area contributed by atoms with E-state index in [-0.39, 0.29) is 11.8 Å². The molecule has 1 unspecified atom stereocenters. The Balaban J connectivity index is 0.000000313. The van der Waals surface area contributed by atoms with Crippen LogP contribution in [0.5, 0.6) is 5.88 Å². The fourth-order valence-corrected chi connectivity index (χ4v) is 2.43. The summed E-state index contributed by atoms with van der Waals surface area (Å²) in [6, 6.07) is 15.0. The SMILES string of the molecule is CC.COc1cccc(CNC(=O)C2CCNC2)n1.Clc1ccccc1. The van der Waals surface area contributed by atoms with Crippen LogP contribution in [0.4, 0.5) is 0 Å². The Hall–Kier alpha value is -2.11. The van der Waals surface area contributed by atoms with Crippen LogP contribution in [0.3, 0.4) is 0 Å². The van der Waals surface area contributed by atoms with Crippen molar-refractivity contribution in [3.8, 4) is 5.88 Å². The van der Waals surface area contributed by atoms with Gasteiger partial charge in [0.15, 0.2) is 0 Å². The topological polar surface area (TPSA) is 63.2 Å². The summed E-state index contributed by atoms with van der Waals surface area (Å²) in [5, 5.41) is 6.86. The first-order chi connectivity index (χ1) is 12.7. The zero-order chi connectivity index (χ0) is 19.2. The summed E-state index contributed by atoms with van der Waals surface area (Å²) in [5.41, 5.74) is 0.809. The zero-order valence-electron chi connectivity index (χ0n) is 15.7. The van der Waals surface area contributed by atoms with Gasteiger partial charge in [0.1, 0.15) is 0 Å². The number of nitrogens with zero attached hydrogens (tertiary/aromatic N) is 1. The summed E-state index contributed by atoms with van der Waals surface area (Å²) in [6.45, 7) is 6.15. The fraction of sp³-hybridized carbons (Fsp3) is 0.400. The van der Waals surface area contributed by atoms with Gasteiger partial charge in [-0.25, -0.2) is 4.98 Å². The number of hydrogen-bond acceptors (Lipinski definition) is 4. The molecule has 2 heterocycles. The molecular formula is C20H28ClN3O2. The van der Waals surface area contributed by atoms with E-state index in [0.29, 0.717) is 12.4 Å². The Labute approximate surface area is 161 Å². The summed E-state index contributed by atoms with van der Waals surface area (Å²) >= 11 is 5.54. The molecule has 0 saturated carbocycles. The van der Waals surface area contributed by atoms with Crippen molar-refractivity contribution in [3.05, 3.63) is 59.2 Å². The molecule has 5 nitrogen and oxygen atoms in total. The van der Waals surface area contributed by atoms with Gasteiger partial charge in [-0.05, 0) is 31.2 Å². The van der Waals surface area contributed by atoms with E-state index in [4.69, 9.17) is 16.3 Å². The average Bonchev–Trinajstić information content (AvgIpc) is 3.24. The molecule has 1 aliphatic rings. The lowest BCUT2D eigenvalue weighted by Gasteiger charge is -2.09. The van der Waals surface area contributed by atoms with Crippen molar-refractivity contribution in [2.45, 2.75) is 26.8 Å². The highest BCUT2D eigenvalue weighted by molar-refractivity contribution is 6.30. The summed E-state index contributed by atoms with van der Waals surface area (Å²) in [5.74, 6) is 0.763. The molecule has 1 aromatic heterocycles. The number of amides is 1. The first kappa shape index (κ1) is 21.9. The molecule has 1 aliphatic heterocycles. The molecule has 3 rings (SSSR count). The van der Waals surface area contributed by atoms with Crippen molar-refractivity contribution in [2.75, 3.05) is 20.2 Å². The molecule has 2 aromatic rings. The molecule has 26 heavy (non-hydrogen) atoms. The number of pyridine rings is 1. The van der Waals surface area contributed by atoms with Gasteiger partial charge >= 0.3 is 0 Å². The first-order valence-electron chi connectivity index (χ1n) is 8.88. The maximum atomic E-state index is 11.8. The average molecular weight is 378 g/mol. The second kappa shape index (κ2) is 13.1. The van der Waals surface area contributed by atoms with Gasteiger partial charge in [0.2, 0.25) is 11.8 Å². The van der Waals surface area contributed by atoms with E-state index in [1.165, 1.54) is 0 Å². The molecule has 0 radical (unpaired) electrons. The van der Waals surface area contributed by atoms with Gasteiger partial charge in [-0.3, -0.25) is 4.79 Å². The van der Waals surface area contributed by atoms with Gasteiger partial charge in [-0.2, -0.15) is 0 Å². The van der Waals surface area contributed by atoms with Crippen LogP contribution in [0.15, 0.2) is 48.5 Å². The van der Waals surface area contributed by atoms with Crippen LogP contribution in [0, 0.1) is 5.92 Å². The second-order valence-corrected chi connectivity index (χ2v) is 5.81. The number of benzene rings is 1. The van der Waals surface area contributed by atoms with Gasteiger partial charge in [0, 0.05) is 17.6 Å². The third kappa shape index (κ3) is 8.32. The largest absolute Gasteiger partial charge is 0.481 e. The number of halogens is 1. The molecule has 1 aromatic carbocycles. The molecule has 1 saturated heterocycles. The van der Waals surface area contributed by atoms with Crippen LogP contribution in [0.1, 0.15) is 26.0 Å². The molecule has 1 amide bonds. The predicted molar refractivity (Wildman–Crippen MR) is 106 cm³/mol. The highest BCUT2D eigenvalue weighted by Crippen LogP contribution is 2.09. The van der Waals surface area contributed by atoms with Crippen LogP contribution in [0.2, 0.25) is 5.02 Å². The van der Waals surface area contributed by atoms with Crippen molar-refractivity contribution >= 4 is 17.5 Å². The monoisotopic (exact) mass is 377 g/mol. The van der Waals surface area contributed by atoms with Gasteiger partial charge < -0.3 is 15.4 Å². The zero-order valence-corrected chi connectivity index (χ0v) is 16.4. The molecule has 142 valence electrons. The number of carbonyl (C=O) groups is 1. The molecule has 6 heteroatoms. The Morgan fingerprint density at radius 3 is 2.50 bits per heavy atom. The lowest BCUT2D eigenvalue weighted by molar-refractivity contribution is -0.124. The minimum Gasteiger partial charge on any atom is -0.481 e. The molecule has 0 aliphatic carbocycles. The van der Waals surface area contributed by atoms with E-state index in [1.54, 1.807) is 13.2 Å². The third-order valence-electron chi connectivity index (χ3n) is 3.60. The molecule has 1 atom stereocenters. The Morgan fingerprint density at radius 2 is 1.96 bits per heavy atom. The van der Waals surface area contributed by atoms with Crippen molar-refractivity contribution in [3.63, 3.8) is 0 Å². The van der Waals surface area contributed by atoms with Crippen molar-refractivity contribution in [2.24, 2.45) is 5.92 Å². The maximum absolute atomic E-state index is 11.8. The molecular weight excluding hydrogens is 350 g/mol. The molecule has 0 bridgehead atoms. The van der Waals surface area contributed by atoms with E-state index in [0.717, 1.165) is 30.2 Å². The number of ether oxygens (including phenoxy) is 1. The van der Waals surface area contributed by atoms with Gasteiger partial charge in [0.05, 0.1) is 25.3 Å². The van der Waals surface area contributed by atoms with E-state index in [9.17, 15) is 4.79 Å². The van der Waals surface area contributed by atoms with Gasteiger partial charge in [0.25, 0.3) is 0 Å². The van der Waals surface area contributed by atoms with Crippen molar-refractivity contribution in [1.29, 1.82) is 0 Å². The molecule has 0 spiro atoms. The highest BCUT2D eigenvalue weighted by atomic mass is 35.5. The summed E-state index contributed by atoms with van der Waals surface area (Å²) in [4.78, 5) is 16.0. The van der Waals surface area contributed by atoms with Gasteiger partial charge in [-0.15, -0.1) is 0 Å². The number of methoxy groups -OCH3 is 1. The van der Waals surface area contributed by atoms with E-state index >= 15 is 0 Å². The standard InChI is InChI=1S/C12H17N3O2.C6H5Cl.C2H6/c1-17-11-4-2-3-10(15-11)8-14-12(16)9-5-6-13-7-9;7-6-4-2-1-3-5-6;1-2/h2-4,9,13H,5-8H2,1H3,(H,14,16);1-5H;1-2H3. The fourth-order valence-electron chi connectivity index (χ4n) is 2.28. The number of rotatable bonds is 4. The van der Waals surface area contributed by atoms with Crippen LogP contribution in [-0.4, -0.2) is 31.1 Å². The highest BCUT2D eigenvalue weighted by Gasteiger charge is 2.21. The smallest absolute Gasteiger partial charge is 0.224 e. The lowest BCUT2D eigenvalue weighted by Crippen LogP contribution is -2.31. The summed E-state index contributed by atoms with van der Waals surface area (Å²) in [7, 11) is 1.58. The molecule has 1 fully saturated rings. The van der Waals surface area contributed by atoms with E-state index in [1.807, 2.05) is 56.3 Å². The second-order valence-electron chi connectivity index (χ2n) is 5.37. The minimum absolute atomic E-state index is 0.0969. The summed E-state index contributed by atoms with van der Waals surface area (Å²) in [6.07, 6.45) is 0.914. The Bertz CT molecular complexity index is 632. The number of aromatic nitrogens is 1. The van der Waals surface area contributed by atoms with Crippen LogP contribution in [-0.2, 0) is 11.3 Å². The van der Waals surface area contributed by atoms with Crippen LogP contribution < -0.4 is 15.4 Å². The quantitative estimate of drug-likeness (QED) is 0.853. The normalized spacial score (nSPS) is 15.0. The molecule has 2 N–H and O–H groups in total. The van der Waals surface area contributed by atoms with Crippen molar-refractivity contribution in [1.82, 2.24) is 15.6 Å². The summed E-state index contributed by atoms with van der Waals surface area (Å²) < 4.78 is 5.03. The predicted octanol–water partition coefficient (Wildman–Crippen LogP) is 3.68. The van der Waals surface area contributed by atoms with E-state index < -0.39 is 0 Å². The van der Waals surface area contributed by atoms with Crippen LogP contribution >= 0.6 is 11.6 Å². The van der Waals surface area contributed by atoms with Crippen molar-refractivity contribution < 1.29 is 9.53 Å². The Morgan fingerprint density at radius 1 is 1.23 bits per heavy atom. The number of carbonyl (C=O) groups excluding carboxylic acids is 1. The Kier molecular flexibility index (Phi) is 11.1. The third-order valence-corrected chi connectivity index (χ3v) is 3.85.